The van der Waals surface area contributed by atoms with Crippen molar-refractivity contribution in [2.24, 2.45) is 5.92 Å². The average molecular weight is 412 g/mol. The van der Waals surface area contributed by atoms with Crippen LogP contribution in [-0.2, 0) is 17.8 Å². The summed E-state index contributed by atoms with van der Waals surface area (Å²) in [5.41, 5.74) is 2.71. The van der Waals surface area contributed by atoms with Crippen LogP contribution in [0.1, 0.15) is 88.7 Å². The fourth-order valence-corrected chi connectivity index (χ4v) is 4.15. The first kappa shape index (κ1) is 24.4. The van der Waals surface area contributed by atoms with E-state index in [0.717, 1.165) is 31.6 Å². The predicted molar refractivity (Wildman–Crippen MR) is 123 cm³/mol. The van der Waals surface area contributed by atoms with Gasteiger partial charge in [-0.1, -0.05) is 69.0 Å². The minimum atomic E-state index is -0.735. The summed E-state index contributed by atoms with van der Waals surface area (Å²) in [5.74, 6) is -0.00291. The third kappa shape index (κ3) is 10.2. The summed E-state index contributed by atoms with van der Waals surface area (Å²) < 4.78 is 18.9. The largest absolute Gasteiger partial charge is 0.374 e. The summed E-state index contributed by atoms with van der Waals surface area (Å²) in [7, 11) is 0. The lowest BCUT2D eigenvalue weighted by atomic mass is 9.84. The van der Waals surface area contributed by atoms with Crippen molar-refractivity contribution in [2.45, 2.75) is 96.7 Å². The number of nitrogens with zero attached hydrogens (tertiary/aromatic N) is 1. The van der Waals surface area contributed by atoms with Gasteiger partial charge in [0.2, 0.25) is 0 Å². The molecule has 164 valence electrons. The number of aryl methyl sites for hydroxylation is 1. The molecule has 30 heavy (non-hydrogen) atoms. The number of hydrogen-bond donors (Lipinski definition) is 0. The zero-order chi connectivity index (χ0) is 21.4. The van der Waals surface area contributed by atoms with E-state index in [1.54, 1.807) is 6.08 Å². The SMILES string of the molecule is CCCCCCCc1ccc(COC2CCC(CCC=CC=C(F)C#N)CC2)cc1. The minimum Gasteiger partial charge on any atom is -0.374 e. The molecule has 2 rings (SSSR count). The van der Waals surface area contributed by atoms with Crippen LogP contribution in [0, 0.1) is 17.2 Å². The minimum absolute atomic E-state index is 0.377. The molecule has 0 aromatic heterocycles. The number of hydrogen-bond acceptors (Lipinski definition) is 2. The molecule has 2 nitrogen and oxygen atoms in total. The predicted octanol–water partition coefficient (Wildman–Crippen LogP) is 7.99. The van der Waals surface area contributed by atoms with Gasteiger partial charge in [0.05, 0.1) is 12.7 Å². The van der Waals surface area contributed by atoms with E-state index in [0.29, 0.717) is 12.7 Å². The number of nitriles is 1. The zero-order valence-corrected chi connectivity index (χ0v) is 18.6. The van der Waals surface area contributed by atoms with Gasteiger partial charge in [-0.05, 0) is 74.5 Å². The lowest BCUT2D eigenvalue weighted by Gasteiger charge is -2.28. The van der Waals surface area contributed by atoms with E-state index in [1.807, 2.05) is 6.08 Å². The van der Waals surface area contributed by atoms with E-state index in [9.17, 15) is 4.39 Å². The molecule has 1 fully saturated rings. The number of allylic oxidation sites excluding steroid dienone is 4. The van der Waals surface area contributed by atoms with Gasteiger partial charge < -0.3 is 4.74 Å². The summed E-state index contributed by atoms with van der Waals surface area (Å²) in [6.45, 7) is 2.97. The number of ether oxygens (including phenoxy) is 1. The first-order valence-corrected chi connectivity index (χ1v) is 11.8. The molecule has 0 heterocycles. The topological polar surface area (TPSA) is 33.0 Å². The molecule has 0 amide bonds. The second-order valence-electron chi connectivity index (χ2n) is 8.57. The van der Waals surface area contributed by atoms with Crippen LogP contribution < -0.4 is 0 Å². The first-order valence-electron chi connectivity index (χ1n) is 11.8. The molecular formula is C27H38FNO. The fraction of sp³-hybridized carbons (Fsp3) is 0.593. The molecule has 1 aliphatic rings. The van der Waals surface area contributed by atoms with Gasteiger partial charge in [-0.25, -0.2) is 0 Å². The van der Waals surface area contributed by atoms with E-state index in [1.165, 1.54) is 74.6 Å². The second kappa shape index (κ2) is 15.0. The van der Waals surface area contributed by atoms with Crippen molar-refractivity contribution in [3.63, 3.8) is 0 Å². The van der Waals surface area contributed by atoms with Crippen molar-refractivity contribution in [2.75, 3.05) is 0 Å². The van der Waals surface area contributed by atoms with Gasteiger partial charge in [0.1, 0.15) is 6.07 Å². The Morgan fingerprint density at radius 1 is 1.07 bits per heavy atom. The lowest BCUT2D eigenvalue weighted by Crippen LogP contribution is -2.21. The molecule has 3 heteroatoms. The Kier molecular flexibility index (Phi) is 12.1. The Bertz CT molecular complexity index is 678. The van der Waals surface area contributed by atoms with Crippen LogP contribution >= 0.6 is 0 Å². The molecular weight excluding hydrogens is 373 g/mol. The molecule has 1 aromatic carbocycles. The first-order chi connectivity index (χ1) is 14.7. The van der Waals surface area contributed by atoms with Crippen LogP contribution in [-0.4, -0.2) is 6.10 Å². The second-order valence-corrected chi connectivity index (χ2v) is 8.57. The van der Waals surface area contributed by atoms with Crippen LogP contribution in [0.25, 0.3) is 0 Å². The van der Waals surface area contributed by atoms with Crippen molar-refractivity contribution in [1.82, 2.24) is 0 Å². The van der Waals surface area contributed by atoms with Gasteiger partial charge in [-0.2, -0.15) is 9.65 Å². The highest BCUT2D eigenvalue weighted by molar-refractivity contribution is 5.22. The molecule has 1 aliphatic carbocycles. The number of halogens is 1. The Morgan fingerprint density at radius 3 is 2.47 bits per heavy atom. The number of benzene rings is 1. The van der Waals surface area contributed by atoms with Crippen LogP contribution in [0.3, 0.4) is 0 Å². The Labute approximate surface area is 182 Å². The highest BCUT2D eigenvalue weighted by atomic mass is 19.1. The van der Waals surface area contributed by atoms with E-state index >= 15 is 0 Å². The van der Waals surface area contributed by atoms with Gasteiger partial charge in [-0.15, -0.1) is 0 Å². The molecule has 0 atom stereocenters. The van der Waals surface area contributed by atoms with Crippen molar-refractivity contribution in [1.29, 1.82) is 5.26 Å². The Hall–Kier alpha value is -1.92. The summed E-state index contributed by atoms with van der Waals surface area (Å²) in [5, 5.41) is 8.36. The summed E-state index contributed by atoms with van der Waals surface area (Å²) in [6, 6.07) is 10.5. The average Bonchev–Trinajstić information content (AvgIpc) is 2.78. The third-order valence-electron chi connectivity index (χ3n) is 6.10. The smallest absolute Gasteiger partial charge is 0.199 e. The summed E-state index contributed by atoms with van der Waals surface area (Å²) >= 11 is 0. The van der Waals surface area contributed by atoms with Crippen LogP contribution in [0.5, 0.6) is 0 Å². The molecule has 0 unspecified atom stereocenters. The third-order valence-corrected chi connectivity index (χ3v) is 6.10. The molecule has 0 bridgehead atoms. The van der Waals surface area contributed by atoms with Gasteiger partial charge in [0, 0.05) is 0 Å². The molecule has 1 saturated carbocycles. The van der Waals surface area contributed by atoms with Crippen LogP contribution in [0.15, 0.2) is 48.3 Å². The van der Waals surface area contributed by atoms with Gasteiger partial charge in [-0.3, -0.25) is 0 Å². The van der Waals surface area contributed by atoms with E-state index in [2.05, 4.69) is 31.2 Å². The van der Waals surface area contributed by atoms with Crippen molar-refractivity contribution < 1.29 is 9.13 Å². The van der Waals surface area contributed by atoms with Crippen molar-refractivity contribution in [3.8, 4) is 6.07 Å². The highest BCUT2D eigenvalue weighted by Crippen LogP contribution is 2.30. The van der Waals surface area contributed by atoms with E-state index in [-0.39, 0.29) is 0 Å². The molecule has 1 aromatic rings. The van der Waals surface area contributed by atoms with Crippen molar-refractivity contribution in [3.05, 3.63) is 59.4 Å². The number of unbranched alkanes of at least 4 members (excludes halogenated alkanes) is 4. The van der Waals surface area contributed by atoms with Crippen LogP contribution in [0.2, 0.25) is 0 Å². The van der Waals surface area contributed by atoms with Crippen molar-refractivity contribution >= 4 is 0 Å². The molecule has 0 N–H and O–H groups in total. The van der Waals surface area contributed by atoms with Gasteiger partial charge in [0.15, 0.2) is 5.83 Å². The molecule has 0 aliphatic heterocycles. The summed E-state index contributed by atoms with van der Waals surface area (Å²) in [4.78, 5) is 0. The Morgan fingerprint density at radius 2 is 1.77 bits per heavy atom. The monoisotopic (exact) mass is 411 g/mol. The normalized spacial score (nSPS) is 19.8. The summed E-state index contributed by atoms with van der Waals surface area (Å²) in [6.07, 6.45) is 19.8. The maximum Gasteiger partial charge on any atom is 0.199 e. The molecule has 0 saturated heterocycles. The van der Waals surface area contributed by atoms with E-state index in [4.69, 9.17) is 10.00 Å². The van der Waals surface area contributed by atoms with Crippen LogP contribution in [0.4, 0.5) is 4.39 Å². The van der Waals surface area contributed by atoms with Gasteiger partial charge in [0.25, 0.3) is 0 Å². The number of rotatable bonds is 13. The quantitative estimate of drug-likeness (QED) is 0.187. The Balaban J connectivity index is 1.58. The zero-order valence-electron chi connectivity index (χ0n) is 18.6. The maximum atomic E-state index is 12.7. The standard InChI is InChI=1S/C27H38FNO/c1-2-3-4-5-7-10-23-13-15-25(16-14-23)22-30-27-19-17-24(18-20-27)11-8-6-9-12-26(28)21-29/h6,9,12-16,24,27H,2-5,7-8,10-11,17-20,22H2,1H3. The molecule has 0 spiro atoms. The van der Waals surface area contributed by atoms with E-state index < -0.39 is 5.83 Å². The fourth-order valence-electron chi connectivity index (χ4n) is 4.15. The highest BCUT2D eigenvalue weighted by Gasteiger charge is 2.21. The lowest BCUT2D eigenvalue weighted by molar-refractivity contribution is 0.00646. The van der Waals surface area contributed by atoms with Gasteiger partial charge >= 0.3 is 0 Å². The molecule has 0 radical (unpaired) electrons. The maximum absolute atomic E-state index is 12.7.